The van der Waals surface area contributed by atoms with Gasteiger partial charge < -0.3 is 0 Å². The lowest BCUT2D eigenvalue weighted by Gasteiger charge is -2.10. The minimum Gasteiger partial charge on any atom is -0.293 e. The molecule has 0 spiro atoms. The SMILES string of the molecule is CC(=O)c1ncn2c(-c3cccc(C(F)(F)F)c3)ccnc12. The van der Waals surface area contributed by atoms with E-state index >= 15 is 0 Å². The van der Waals surface area contributed by atoms with Crippen molar-refractivity contribution in [2.45, 2.75) is 13.1 Å². The molecule has 0 atom stereocenters. The Morgan fingerprint density at radius 2 is 1.95 bits per heavy atom. The maximum atomic E-state index is 12.8. The van der Waals surface area contributed by atoms with Gasteiger partial charge in [0.1, 0.15) is 6.33 Å². The van der Waals surface area contributed by atoms with E-state index in [2.05, 4.69) is 9.97 Å². The molecule has 3 aromatic rings. The lowest BCUT2D eigenvalue weighted by atomic mass is 10.1. The summed E-state index contributed by atoms with van der Waals surface area (Å²) in [7, 11) is 0. The zero-order valence-corrected chi connectivity index (χ0v) is 11.4. The number of hydrogen-bond donors (Lipinski definition) is 0. The van der Waals surface area contributed by atoms with Crippen molar-refractivity contribution in [1.29, 1.82) is 0 Å². The minimum absolute atomic E-state index is 0.189. The second kappa shape index (κ2) is 4.94. The number of carbonyl (C=O) groups is 1. The van der Waals surface area contributed by atoms with Gasteiger partial charge in [0.15, 0.2) is 17.1 Å². The predicted molar refractivity (Wildman–Crippen MR) is 73.4 cm³/mol. The van der Waals surface area contributed by atoms with E-state index in [1.54, 1.807) is 12.1 Å². The van der Waals surface area contributed by atoms with Crippen LogP contribution in [0.25, 0.3) is 16.9 Å². The Labute approximate surface area is 123 Å². The molecule has 0 N–H and O–H groups in total. The molecule has 0 saturated heterocycles. The van der Waals surface area contributed by atoms with Crippen molar-refractivity contribution in [2.24, 2.45) is 0 Å². The highest BCUT2D eigenvalue weighted by Gasteiger charge is 2.30. The maximum Gasteiger partial charge on any atom is 0.416 e. The molecule has 0 amide bonds. The van der Waals surface area contributed by atoms with Crippen molar-refractivity contribution in [1.82, 2.24) is 14.4 Å². The summed E-state index contributed by atoms with van der Waals surface area (Å²) in [5.74, 6) is -0.254. The molecule has 2 aromatic heterocycles. The number of nitrogens with zero attached hydrogens (tertiary/aromatic N) is 3. The quantitative estimate of drug-likeness (QED) is 0.679. The Hall–Kier alpha value is -2.70. The largest absolute Gasteiger partial charge is 0.416 e. The third kappa shape index (κ3) is 2.34. The van der Waals surface area contributed by atoms with Gasteiger partial charge in [-0.3, -0.25) is 9.20 Å². The Kier molecular flexibility index (Phi) is 3.20. The molecule has 0 unspecified atom stereocenters. The van der Waals surface area contributed by atoms with E-state index in [0.717, 1.165) is 12.1 Å². The molecule has 0 radical (unpaired) electrons. The molecular weight excluding hydrogens is 295 g/mol. The van der Waals surface area contributed by atoms with Gasteiger partial charge in [0.25, 0.3) is 0 Å². The van der Waals surface area contributed by atoms with Gasteiger partial charge in [0.05, 0.1) is 11.3 Å². The van der Waals surface area contributed by atoms with Crippen LogP contribution < -0.4 is 0 Å². The van der Waals surface area contributed by atoms with E-state index in [0.29, 0.717) is 16.9 Å². The second-order valence-corrected chi connectivity index (χ2v) is 4.75. The van der Waals surface area contributed by atoms with Crippen LogP contribution in [0.4, 0.5) is 13.2 Å². The zero-order valence-electron chi connectivity index (χ0n) is 11.4. The van der Waals surface area contributed by atoms with Gasteiger partial charge in [-0.05, 0) is 23.8 Å². The van der Waals surface area contributed by atoms with Gasteiger partial charge in [-0.15, -0.1) is 0 Å². The van der Waals surface area contributed by atoms with Gasteiger partial charge in [0, 0.05) is 13.1 Å². The molecule has 112 valence electrons. The summed E-state index contributed by atoms with van der Waals surface area (Å²) >= 11 is 0. The third-order valence-electron chi connectivity index (χ3n) is 3.25. The molecule has 4 nitrogen and oxygen atoms in total. The Balaban J connectivity index is 2.21. The monoisotopic (exact) mass is 305 g/mol. The average Bonchev–Trinajstić information content (AvgIpc) is 2.90. The predicted octanol–water partition coefficient (Wildman–Crippen LogP) is 3.62. The topological polar surface area (TPSA) is 47.3 Å². The first-order valence-electron chi connectivity index (χ1n) is 6.38. The van der Waals surface area contributed by atoms with E-state index in [-0.39, 0.29) is 11.5 Å². The summed E-state index contributed by atoms with van der Waals surface area (Å²) in [5, 5.41) is 0. The number of ketones is 1. The Morgan fingerprint density at radius 1 is 1.18 bits per heavy atom. The molecular formula is C15H10F3N3O. The van der Waals surface area contributed by atoms with Crippen molar-refractivity contribution in [3.8, 4) is 11.3 Å². The fourth-order valence-electron chi connectivity index (χ4n) is 2.24. The van der Waals surface area contributed by atoms with Crippen LogP contribution >= 0.6 is 0 Å². The van der Waals surface area contributed by atoms with Gasteiger partial charge in [-0.25, -0.2) is 9.97 Å². The summed E-state index contributed by atoms with van der Waals surface area (Å²) in [5.41, 5.74) is 0.629. The van der Waals surface area contributed by atoms with Gasteiger partial charge in [-0.2, -0.15) is 13.2 Å². The number of halogens is 3. The van der Waals surface area contributed by atoms with Crippen molar-refractivity contribution in [3.05, 3.63) is 54.1 Å². The van der Waals surface area contributed by atoms with Crippen molar-refractivity contribution < 1.29 is 18.0 Å². The van der Waals surface area contributed by atoms with E-state index < -0.39 is 11.7 Å². The molecule has 1 aromatic carbocycles. The normalized spacial score (nSPS) is 11.8. The van der Waals surface area contributed by atoms with E-state index in [9.17, 15) is 18.0 Å². The standard InChI is InChI=1S/C15H10F3N3O/c1-9(22)13-14-19-6-5-12(21(14)8-20-13)10-3-2-4-11(7-10)15(16,17)18/h2-8H,1H3. The zero-order chi connectivity index (χ0) is 15.9. The molecule has 22 heavy (non-hydrogen) atoms. The highest BCUT2D eigenvalue weighted by atomic mass is 19.4. The highest BCUT2D eigenvalue weighted by molar-refractivity contribution is 5.98. The Bertz CT molecular complexity index is 868. The molecule has 0 aliphatic carbocycles. The van der Waals surface area contributed by atoms with Crippen molar-refractivity contribution in [3.63, 3.8) is 0 Å². The summed E-state index contributed by atoms with van der Waals surface area (Å²) < 4.78 is 40.0. The van der Waals surface area contributed by atoms with E-state index in [1.165, 1.54) is 29.9 Å². The first-order valence-corrected chi connectivity index (χ1v) is 6.38. The van der Waals surface area contributed by atoms with Crippen LogP contribution in [0.3, 0.4) is 0 Å². The number of hydrogen-bond acceptors (Lipinski definition) is 3. The van der Waals surface area contributed by atoms with E-state index in [4.69, 9.17) is 0 Å². The van der Waals surface area contributed by atoms with Gasteiger partial charge in [0.2, 0.25) is 0 Å². The molecule has 0 fully saturated rings. The van der Waals surface area contributed by atoms with Gasteiger partial charge in [-0.1, -0.05) is 12.1 Å². The fourth-order valence-corrected chi connectivity index (χ4v) is 2.24. The average molecular weight is 305 g/mol. The number of fused-ring (bicyclic) bond motifs is 1. The number of alkyl halides is 3. The molecule has 2 heterocycles. The number of aromatic nitrogens is 3. The lowest BCUT2D eigenvalue weighted by molar-refractivity contribution is -0.137. The third-order valence-corrected chi connectivity index (χ3v) is 3.25. The summed E-state index contributed by atoms with van der Waals surface area (Å²) in [6, 6.07) is 6.55. The van der Waals surface area contributed by atoms with Crippen LogP contribution in [0.1, 0.15) is 23.0 Å². The van der Waals surface area contributed by atoms with Crippen LogP contribution in [0.5, 0.6) is 0 Å². The second-order valence-electron chi connectivity index (χ2n) is 4.75. The van der Waals surface area contributed by atoms with Crippen molar-refractivity contribution >= 4 is 11.4 Å². The van der Waals surface area contributed by atoms with Gasteiger partial charge >= 0.3 is 6.18 Å². The van der Waals surface area contributed by atoms with Crippen LogP contribution in [0.15, 0.2) is 42.9 Å². The van der Waals surface area contributed by atoms with E-state index in [1.807, 2.05) is 0 Å². The molecule has 0 bridgehead atoms. The number of carbonyl (C=O) groups excluding carboxylic acids is 1. The minimum atomic E-state index is -4.42. The van der Waals surface area contributed by atoms with Crippen molar-refractivity contribution in [2.75, 3.05) is 0 Å². The Morgan fingerprint density at radius 3 is 2.64 bits per heavy atom. The maximum absolute atomic E-state index is 12.8. The summed E-state index contributed by atoms with van der Waals surface area (Å²) in [6.45, 7) is 1.36. The molecule has 0 saturated carbocycles. The van der Waals surface area contributed by atoms with Crippen LogP contribution in [0, 0.1) is 0 Å². The highest BCUT2D eigenvalue weighted by Crippen LogP contribution is 2.32. The fraction of sp³-hybridized carbons (Fsp3) is 0.133. The summed E-state index contributed by atoms with van der Waals surface area (Å²) in [4.78, 5) is 19.5. The van der Waals surface area contributed by atoms with Crippen LogP contribution in [-0.4, -0.2) is 20.2 Å². The molecule has 0 aliphatic rings. The van der Waals surface area contributed by atoms with Crippen LogP contribution in [-0.2, 0) is 6.18 Å². The number of rotatable bonds is 2. The van der Waals surface area contributed by atoms with Crippen LogP contribution in [0.2, 0.25) is 0 Å². The number of Topliss-reactive ketones (excluding diaryl/α,β-unsaturated/α-hetero) is 1. The molecule has 3 rings (SSSR count). The molecule has 7 heteroatoms. The lowest BCUT2D eigenvalue weighted by Crippen LogP contribution is -2.05. The smallest absolute Gasteiger partial charge is 0.293 e. The first-order chi connectivity index (χ1) is 10.4. The number of imidazole rings is 1. The summed E-state index contributed by atoms with van der Waals surface area (Å²) in [6.07, 6.45) is -1.59. The molecule has 0 aliphatic heterocycles. The first kappa shape index (κ1) is 14.2. The number of benzene rings is 1.